The maximum Gasteiger partial charge on any atom is 0.137 e. The van der Waals surface area contributed by atoms with Crippen molar-refractivity contribution in [2.75, 3.05) is 11.9 Å². The highest BCUT2D eigenvalue weighted by Gasteiger charge is 2.18. The third-order valence-electron chi connectivity index (χ3n) is 3.88. The Bertz CT molecular complexity index is 622. The van der Waals surface area contributed by atoms with Gasteiger partial charge in [0, 0.05) is 30.5 Å². The highest BCUT2D eigenvalue weighted by Crippen LogP contribution is 2.30. The number of aromatic hydroxyl groups is 1. The molecule has 0 bridgehead atoms. The number of phenolic OH excluding ortho intramolecular Hbond substituents is 1. The van der Waals surface area contributed by atoms with Gasteiger partial charge >= 0.3 is 0 Å². The van der Waals surface area contributed by atoms with Gasteiger partial charge < -0.3 is 15.7 Å². The van der Waals surface area contributed by atoms with E-state index in [1.54, 1.807) is 12.1 Å². The van der Waals surface area contributed by atoms with Gasteiger partial charge in [-0.25, -0.2) is 4.98 Å². The van der Waals surface area contributed by atoms with Crippen LogP contribution in [0, 0.1) is 0 Å². The van der Waals surface area contributed by atoms with Crippen LogP contribution in [0.1, 0.15) is 23.2 Å². The molecular weight excluding hydrogens is 250 g/mol. The van der Waals surface area contributed by atoms with E-state index < -0.39 is 0 Å². The minimum absolute atomic E-state index is 0.267. The summed E-state index contributed by atoms with van der Waals surface area (Å²) in [6.07, 6.45) is 3.34. The molecule has 1 aliphatic rings. The fourth-order valence-corrected chi connectivity index (χ4v) is 2.75. The van der Waals surface area contributed by atoms with Crippen LogP contribution in [0.15, 0.2) is 30.3 Å². The lowest BCUT2D eigenvalue weighted by atomic mass is 10.1. The van der Waals surface area contributed by atoms with Gasteiger partial charge in [-0.15, -0.1) is 0 Å². The molecular formula is C16H19N3O. The van der Waals surface area contributed by atoms with Crippen molar-refractivity contribution in [1.29, 1.82) is 0 Å². The average molecular weight is 269 g/mol. The fourth-order valence-electron chi connectivity index (χ4n) is 2.75. The first-order chi connectivity index (χ1) is 9.69. The monoisotopic (exact) mass is 269 g/mol. The van der Waals surface area contributed by atoms with Gasteiger partial charge in [0.05, 0.1) is 0 Å². The van der Waals surface area contributed by atoms with Gasteiger partial charge in [-0.3, -0.25) is 0 Å². The molecule has 104 valence electrons. The van der Waals surface area contributed by atoms with E-state index in [0.717, 1.165) is 29.9 Å². The van der Waals surface area contributed by atoms with E-state index in [2.05, 4.69) is 6.07 Å². The second-order valence-electron chi connectivity index (χ2n) is 5.21. The Morgan fingerprint density at radius 3 is 2.70 bits per heavy atom. The smallest absolute Gasteiger partial charge is 0.137 e. The Balaban J connectivity index is 2.02. The minimum Gasteiger partial charge on any atom is -0.508 e. The van der Waals surface area contributed by atoms with Crippen molar-refractivity contribution < 1.29 is 5.11 Å². The summed E-state index contributed by atoms with van der Waals surface area (Å²) < 4.78 is 0. The zero-order chi connectivity index (χ0) is 14.1. The zero-order valence-corrected chi connectivity index (χ0v) is 11.6. The molecule has 1 aliphatic carbocycles. The summed E-state index contributed by atoms with van der Waals surface area (Å²) in [4.78, 5) is 6.83. The number of pyridine rings is 1. The first-order valence-electron chi connectivity index (χ1n) is 6.93. The molecule has 1 aromatic carbocycles. The van der Waals surface area contributed by atoms with Crippen LogP contribution in [0.5, 0.6) is 5.75 Å². The minimum atomic E-state index is 0.267. The van der Waals surface area contributed by atoms with Crippen molar-refractivity contribution in [3.8, 4) is 5.75 Å². The Morgan fingerprint density at radius 2 is 2.00 bits per heavy atom. The van der Waals surface area contributed by atoms with E-state index in [4.69, 9.17) is 10.7 Å². The molecule has 1 heterocycles. The third-order valence-corrected chi connectivity index (χ3v) is 3.88. The lowest BCUT2D eigenvalue weighted by molar-refractivity contribution is 0.475. The highest BCUT2D eigenvalue weighted by molar-refractivity contribution is 5.63. The van der Waals surface area contributed by atoms with Gasteiger partial charge in [-0.05, 0) is 55.2 Å². The van der Waals surface area contributed by atoms with E-state index in [0.29, 0.717) is 6.54 Å². The predicted molar refractivity (Wildman–Crippen MR) is 80.3 cm³/mol. The SMILES string of the molecule is CN(c1ccc(O)cc1)c1nc2c(cc1CN)CCC2. The highest BCUT2D eigenvalue weighted by atomic mass is 16.3. The number of fused-ring (bicyclic) bond motifs is 1. The molecule has 0 saturated carbocycles. The number of anilines is 2. The number of aromatic nitrogens is 1. The Morgan fingerprint density at radius 1 is 1.25 bits per heavy atom. The predicted octanol–water partition coefficient (Wildman–Crippen LogP) is 2.50. The maximum absolute atomic E-state index is 9.38. The lowest BCUT2D eigenvalue weighted by Crippen LogP contribution is -2.16. The summed E-state index contributed by atoms with van der Waals surface area (Å²) in [5.41, 5.74) is 10.5. The fraction of sp³-hybridized carbons (Fsp3) is 0.312. The number of phenols is 1. The summed E-state index contributed by atoms with van der Waals surface area (Å²) >= 11 is 0. The Hall–Kier alpha value is -2.07. The zero-order valence-electron chi connectivity index (χ0n) is 11.6. The first-order valence-corrected chi connectivity index (χ1v) is 6.93. The maximum atomic E-state index is 9.38. The van der Waals surface area contributed by atoms with E-state index in [1.165, 1.54) is 17.7 Å². The molecule has 0 aliphatic heterocycles. The third kappa shape index (κ3) is 2.23. The molecule has 20 heavy (non-hydrogen) atoms. The number of rotatable bonds is 3. The van der Waals surface area contributed by atoms with Crippen LogP contribution in [0.4, 0.5) is 11.5 Å². The molecule has 3 rings (SSSR count). The Labute approximate surface area is 118 Å². The molecule has 0 atom stereocenters. The van der Waals surface area contributed by atoms with E-state index in [9.17, 15) is 5.11 Å². The topological polar surface area (TPSA) is 62.4 Å². The standard InChI is InChI=1S/C16H19N3O/c1-19(13-5-7-14(20)8-6-13)16-12(10-17)9-11-3-2-4-15(11)18-16/h5-9,20H,2-4,10,17H2,1H3. The van der Waals surface area contributed by atoms with Gasteiger partial charge in [-0.2, -0.15) is 0 Å². The molecule has 4 nitrogen and oxygen atoms in total. The van der Waals surface area contributed by atoms with Gasteiger partial charge in [-0.1, -0.05) is 0 Å². The molecule has 2 aromatic rings. The summed E-state index contributed by atoms with van der Waals surface area (Å²) in [6, 6.07) is 9.32. The largest absolute Gasteiger partial charge is 0.508 e. The second-order valence-corrected chi connectivity index (χ2v) is 5.21. The van der Waals surface area contributed by atoms with Crippen LogP contribution in [0.25, 0.3) is 0 Å². The van der Waals surface area contributed by atoms with Crippen LogP contribution in [0.2, 0.25) is 0 Å². The van der Waals surface area contributed by atoms with Crippen molar-refractivity contribution in [3.63, 3.8) is 0 Å². The van der Waals surface area contributed by atoms with Crippen molar-refractivity contribution in [2.45, 2.75) is 25.8 Å². The van der Waals surface area contributed by atoms with Gasteiger partial charge in [0.2, 0.25) is 0 Å². The number of nitrogens with two attached hydrogens (primary N) is 1. The lowest BCUT2D eigenvalue weighted by Gasteiger charge is -2.22. The molecule has 0 amide bonds. The molecule has 0 fully saturated rings. The van der Waals surface area contributed by atoms with Crippen LogP contribution >= 0.6 is 0 Å². The average Bonchev–Trinajstić information content (AvgIpc) is 2.93. The van der Waals surface area contributed by atoms with E-state index in [1.807, 2.05) is 24.1 Å². The van der Waals surface area contributed by atoms with Crippen LogP contribution < -0.4 is 10.6 Å². The van der Waals surface area contributed by atoms with Crippen molar-refractivity contribution >= 4 is 11.5 Å². The van der Waals surface area contributed by atoms with Crippen LogP contribution in [0.3, 0.4) is 0 Å². The molecule has 3 N–H and O–H groups in total. The van der Waals surface area contributed by atoms with Crippen molar-refractivity contribution in [1.82, 2.24) is 4.98 Å². The summed E-state index contributed by atoms with van der Waals surface area (Å²) in [7, 11) is 1.98. The molecule has 0 saturated heterocycles. The number of benzene rings is 1. The van der Waals surface area contributed by atoms with E-state index in [-0.39, 0.29) is 5.75 Å². The number of aryl methyl sites for hydroxylation is 2. The molecule has 4 heteroatoms. The molecule has 0 unspecified atom stereocenters. The van der Waals surface area contributed by atoms with Gasteiger partial charge in [0.1, 0.15) is 11.6 Å². The van der Waals surface area contributed by atoms with Gasteiger partial charge in [0.25, 0.3) is 0 Å². The molecule has 1 aromatic heterocycles. The molecule has 0 spiro atoms. The number of hydrogen-bond acceptors (Lipinski definition) is 4. The van der Waals surface area contributed by atoms with Crippen molar-refractivity contribution in [3.05, 3.63) is 47.2 Å². The van der Waals surface area contributed by atoms with E-state index >= 15 is 0 Å². The quantitative estimate of drug-likeness (QED) is 0.898. The summed E-state index contributed by atoms with van der Waals surface area (Å²) in [5, 5.41) is 9.38. The van der Waals surface area contributed by atoms with Gasteiger partial charge in [0.15, 0.2) is 0 Å². The number of hydrogen-bond donors (Lipinski definition) is 2. The van der Waals surface area contributed by atoms with Crippen LogP contribution in [-0.2, 0) is 19.4 Å². The normalized spacial score (nSPS) is 13.3. The first kappa shape index (κ1) is 12.9. The summed E-state index contributed by atoms with van der Waals surface area (Å²) in [6.45, 7) is 0.484. The summed E-state index contributed by atoms with van der Waals surface area (Å²) in [5.74, 6) is 1.18. The Kier molecular flexibility index (Phi) is 3.32. The number of nitrogens with zero attached hydrogens (tertiary/aromatic N) is 2. The van der Waals surface area contributed by atoms with Crippen LogP contribution in [-0.4, -0.2) is 17.1 Å². The van der Waals surface area contributed by atoms with Crippen molar-refractivity contribution in [2.24, 2.45) is 5.73 Å². The second kappa shape index (κ2) is 5.13. The molecule has 0 radical (unpaired) electrons.